The number of anilines is 1. The van der Waals surface area contributed by atoms with Crippen LogP contribution in [-0.2, 0) is 4.79 Å². The molecule has 2 N–H and O–H groups in total. The van der Waals surface area contributed by atoms with Crippen LogP contribution in [0.2, 0.25) is 5.02 Å². The first-order valence-corrected chi connectivity index (χ1v) is 7.12. The van der Waals surface area contributed by atoms with Crippen molar-refractivity contribution in [2.75, 3.05) is 18.1 Å². The Kier molecular flexibility index (Phi) is 4.20. The highest BCUT2D eigenvalue weighted by Crippen LogP contribution is 2.35. The Morgan fingerprint density at radius 2 is 2.25 bits per heavy atom. The molecule has 20 heavy (non-hydrogen) atoms. The van der Waals surface area contributed by atoms with Gasteiger partial charge >= 0.3 is 0 Å². The minimum atomic E-state index is -0.299. The van der Waals surface area contributed by atoms with E-state index >= 15 is 0 Å². The Balaban J connectivity index is 2.22. The molecule has 2 rings (SSSR count). The fourth-order valence-electron chi connectivity index (χ4n) is 1.93. The molecule has 1 aliphatic heterocycles. The van der Waals surface area contributed by atoms with Gasteiger partial charge in [0.25, 0.3) is 5.91 Å². The average Bonchev–Trinajstić information content (AvgIpc) is 2.37. The second-order valence-electron chi connectivity index (χ2n) is 5.44. The van der Waals surface area contributed by atoms with Gasteiger partial charge in [0.15, 0.2) is 6.61 Å². The molecule has 0 radical (unpaired) electrons. The number of hydrogen-bond donors (Lipinski definition) is 1. The number of rotatable bonds is 4. The number of nitrogens with two attached hydrogens (primary N) is 1. The van der Waals surface area contributed by atoms with Gasteiger partial charge < -0.3 is 15.4 Å². The van der Waals surface area contributed by atoms with E-state index < -0.39 is 0 Å². The molecule has 0 atom stereocenters. The van der Waals surface area contributed by atoms with Gasteiger partial charge in [-0.3, -0.25) is 4.79 Å². The zero-order chi connectivity index (χ0) is 14.9. The van der Waals surface area contributed by atoms with E-state index in [1.165, 1.54) is 0 Å². The van der Waals surface area contributed by atoms with Crippen molar-refractivity contribution in [3.05, 3.63) is 23.2 Å². The molecule has 6 heteroatoms. The second-order valence-corrected chi connectivity index (χ2v) is 6.32. The molecule has 1 aromatic carbocycles. The standard InChI is InChI=1S/C14H17ClN2O2S/c1-14(2,13(16)20)5-6-17-10-7-9(15)3-4-11(10)19-8-12(17)18/h3-4,7H,5-6,8H2,1-2H3,(H2,16,20). The number of thiocarbonyl (C=S) groups is 1. The molecule has 1 aliphatic rings. The molecule has 108 valence electrons. The fraction of sp³-hybridized carbons (Fsp3) is 0.429. The summed E-state index contributed by atoms with van der Waals surface area (Å²) in [6.45, 7) is 4.51. The van der Waals surface area contributed by atoms with Crippen LogP contribution in [0.1, 0.15) is 20.3 Å². The lowest BCUT2D eigenvalue weighted by molar-refractivity contribution is -0.121. The summed E-state index contributed by atoms with van der Waals surface area (Å²) in [6, 6.07) is 5.25. The molecular weight excluding hydrogens is 296 g/mol. The summed E-state index contributed by atoms with van der Waals surface area (Å²) in [7, 11) is 0. The summed E-state index contributed by atoms with van der Waals surface area (Å²) in [5, 5.41) is 0.570. The molecule has 0 fully saturated rings. The molecule has 0 unspecified atom stereocenters. The van der Waals surface area contributed by atoms with Gasteiger partial charge in [0.1, 0.15) is 5.75 Å². The Labute approximate surface area is 128 Å². The Hall–Kier alpha value is -1.33. The highest BCUT2D eigenvalue weighted by atomic mass is 35.5. The summed E-state index contributed by atoms with van der Waals surface area (Å²) in [4.78, 5) is 14.2. The van der Waals surface area contributed by atoms with Gasteiger partial charge in [-0.25, -0.2) is 0 Å². The van der Waals surface area contributed by atoms with Gasteiger partial charge in [-0.05, 0) is 24.6 Å². The van der Waals surface area contributed by atoms with Crippen molar-refractivity contribution in [2.45, 2.75) is 20.3 Å². The van der Waals surface area contributed by atoms with E-state index in [9.17, 15) is 4.79 Å². The lowest BCUT2D eigenvalue weighted by Gasteiger charge is -2.32. The monoisotopic (exact) mass is 312 g/mol. The number of amides is 1. The fourth-order valence-corrected chi connectivity index (χ4v) is 2.20. The molecule has 0 saturated carbocycles. The number of nitrogens with zero attached hydrogens (tertiary/aromatic N) is 1. The summed E-state index contributed by atoms with van der Waals surface area (Å²) in [6.07, 6.45) is 0.681. The van der Waals surface area contributed by atoms with E-state index in [0.717, 1.165) is 0 Å². The van der Waals surface area contributed by atoms with Crippen LogP contribution in [0.3, 0.4) is 0 Å². The summed E-state index contributed by atoms with van der Waals surface area (Å²) in [5.74, 6) is 0.584. The van der Waals surface area contributed by atoms with E-state index in [1.54, 1.807) is 23.1 Å². The van der Waals surface area contributed by atoms with E-state index in [2.05, 4.69) is 0 Å². The molecule has 1 heterocycles. The molecule has 0 aromatic heterocycles. The predicted molar refractivity (Wildman–Crippen MR) is 84.5 cm³/mol. The van der Waals surface area contributed by atoms with Crippen molar-refractivity contribution in [1.29, 1.82) is 0 Å². The molecule has 0 bridgehead atoms. The summed E-state index contributed by atoms with van der Waals surface area (Å²) < 4.78 is 5.40. The SMILES string of the molecule is CC(C)(CCN1C(=O)COc2ccc(Cl)cc21)C(N)=S. The molecule has 0 aliphatic carbocycles. The maximum atomic E-state index is 12.0. The maximum absolute atomic E-state index is 12.0. The number of fused-ring (bicyclic) bond motifs is 1. The van der Waals surface area contributed by atoms with Gasteiger partial charge in [0.2, 0.25) is 0 Å². The minimum Gasteiger partial charge on any atom is -0.482 e. The predicted octanol–water partition coefficient (Wildman–Crippen LogP) is 2.77. The van der Waals surface area contributed by atoms with Crippen LogP contribution < -0.4 is 15.4 Å². The molecule has 0 saturated heterocycles. The van der Waals surface area contributed by atoms with Crippen molar-refractivity contribution in [1.82, 2.24) is 0 Å². The van der Waals surface area contributed by atoms with Crippen LogP contribution in [-0.4, -0.2) is 24.0 Å². The van der Waals surface area contributed by atoms with E-state index in [4.69, 9.17) is 34.3 Å². The zero-order valence-electron chi connectivity index (χ0n) is 11.5. The van der Waals surface area contributed by atoms with Gasteiger partial charge in [-0.15, -0.1) is 0 Å². The highest BCUT2D eigenvalue weighted by molar-refractivity contribution is 7.80. The third-order valence-corrected chi connectivity index (χ3v) is 4.28. The quantitative estimate of drug-likeness (QED) is 0.869. The van der Waals surface area contributed by atoms with E-state index in [0.29, 0.717) is 34.4 Å². The summed E-state index contributed by atoms with van der Waals surface area (Å²) >= 11 is 11.1. The number of hydrogen-bond acceptors (Lipinski definition) is 3. The number of halogens is 1. The van der Waals surface area contributed by atoms with Crippen molar-refractivity contribution in [2.24, 2.45) is 11.1 Å². The largest absolute Gasteiger partial charge is 0.482 e. The molecular formula is C14H17ClN2O2S. The van der Waals surface area contributed by atoms with Crippen LogP contribution in [0, 0.1) is 5.41 Å². The number of carbonyl (C=O) groups is 1. The molecule has 4 nitrogen and oxygen atoms in total. The first kappa shape index (κ1) is 15.1. The van der Waals surface area contributed by atoms with Crippen LogP contribution in [0.25, 0.3) is 0 Å². The third kappa shape index (κ3) is 3.04. The Morgan fingerprint density at radius 3 is 2.90 bits per heavy atom. The second kappa shape index (κ2) is 5.58. The minimum absolute atomic E-state index is 0.0438. The molecule has 1 aromatic rings. The van der Waals surface area contributed by atoms with Crippen molar-refractivity contribution in [3.8, 4) is 5.75 Å². The normalized spacial score (nSPS) is 14.8. The van der Waals surface area contributed by atoms with Gasteiger partial charge in [0, 0.05) is 17.0 Å². The van der Waals surface area contributed by atoms with Crippen LogP contribution in [0.4, 0.5) is 5.69 Å². The topological polar surface area (TPSA) is 55.6 Å². The Bertz CT molecular complexity index is 560. The first-order chi connectivity index (χ1) is 9.31. The van der Waals surface area contributed by atoms with Crippen molar-refractivity contribution >= 4 is 40.4 Å². The zero-order valence-corrected chi connectivity index (χ0v) is 13.1. The lowest BCUT2D eigenvalue weighted by atomic mass is 9.89. The van der Waals surface area contributed by atoms with Gasteiger partial charge in [0.05, 0.1) is 10.7 Å². The van der Waals surface area contributed by atoms with Crippen molar-refractivity contribution in [3.63, 3.8) is 0 Å². The highest BCUT2D eigenvalue weighted by Gasteiger charge is 2.29. The van der Waals surface area contributed by atoms with Crippen LogP contribution >= 0.6 is 23.8 Å². The maximum Gasteiger partial charge on any atom is 0.265 e. The molecule has 1 amide bonds. The number of carbonyl (C=O) groups excluding carboxylic acids is 1. The smallest absolute Gasteiger partial charge is 0.265 e. The van der Waals surface area contributed by atoms with E-state index in [-0.39, 0.29) is 17.9 Å². The molecule has 0 spiro atoms. The van der Waals surface area contributed by atoms with Gasteiger partial charge in [-0.1, -0.05) is 37.7 Å². The number of benzene rings is 1. The first-order valence-electron chi connectivity index (χ1n) is 6.34. The van der Waals surface area contributed by atoms with E-state index in [1.807, 2.05) is 13.8 Å². The van der Waals surface area contributed by atoms with Crippen LogP contribution in [0.5, 0.6) is 5.75 Å². The van der Waals surface area contributed by atoms with Gasteiger partial charge in [-0.2, -0.15) is 0 Å². The number of ether oxygens (including phenoxy) is 1. The Morgan fingerprint density at radius 1 is 1.55 bits per heavy atom. The van der Waals surface area contributed by atoms with Crippen molar-refractivity contribution < 1.29 is 9.53 Å². The summed E-state index contributed by atoms with van der Waals surface area (Å²) in [5.41, 5.74) is 6.12. The third-order valence-electron chi connectivity index (χ3n) is 3.49. The average molecular weight is 313 g/mol. The lowest BCUT2D eigenvalue weighted by Crippen LogP contribution is -2.42. The van der Waals surface area contributed by atoms with Crippen LogP contribution in [0.15, 0.2) is 18.2 Å².